The van der Waals surface area contributed by atoms with Gasteiger partial charge in [-0.3, -0.25) is 4.79 Å². The molecule has 0 amide bonds. The second-order valence-corrected chi connectivity index (χ2v) is 2.56. The molecule has 4 heteroatoms. The fraction of sp³-hybridized carbons (Fsp3) is 0.750. The molecule has 0 aromatic heterocycles. The highest BCUT2D eigenvalue weighted by Gasteiger charge is 2.22. The van der Waals surface area contributed by atoms with E-state index in [0.29, 0.717) is 5.75 Å². The molecule has 0 aliphatic carbocycles. The topological polar surface area (TPSA) is 46.5 Å². The van der Waals surface area contributed by atoms with Crippen molar-refractivity contribution in [3.05, 3.63) is 0 Å². The summed E-state index contributed by atoms with van der Waals surface area (Å²) in [6, 6.07) is 0. The van der Waals surface area contributed by atoms with E-state index in [1.807, 2.05) is 0 Å². The zero-order valence-corrected chi connectivity index (χ0v) is 4.98. The maximum Gasteiger partial charge on any atom is 0.317 e. The zero-order valence-electron chi connectivity index (χ0n) is 4.16. The van der Waals surface area contributed by atoms with Gasteiger partial charge >= 0.3 is 5.97 Å². The average molecular weight is 134 g/mol. The lowest BCUT2D eigenvalue weighted by atomic mass is 10.7. The highest BCUT2D eigenvalue weighted by Crippen LogP contribution is 2.19. The van der Waals surface area contributed by atoms with Crippen LogP contribution < -0.4 is 0 Å². The highest BCUT2D eigenvalue weighted by atomic mass is 32.2. The van der Waals surface area contributed by atoms with Crippen LogP contribution in [0.25, 0.3) is 0 Å². The van der Waals surface area contributed by atoms with Crippen LogP contribution in [-0.2, 0) is 9.53 Å². The van der Waals surface area contributed by atoms with Crippen LogP contribution in [0.15, 0.2) is 0 Å². The number of aliphatic hydroxyl groups excluding tert-OH is 1. The van der Waals surface area contributed by atoms with E-state index in [1.165, 1.54) is 11.8 Å². The van der Waals surface area contributed by atoms with Crippen molar-refractivity contribution in [2.75, 3.05) is 12.4 Å². The fourth-order valence-electron chi connectivity index (χ4n) is 0.466. The molecule has 1 atom stereocenters. The Bertz CT molecular complexity index is 103. The molecule has 0 aromatic rings. The summed E-state index contributed by atoms with van der Waals surface area (Å²) in [5.74, 6) is 0.152. The monoisotopic (exact) mass is 134 g/mol. The number of thioether (sulfide) groups is 1. The van der Waals surface area contributed by atoms with E-state index < -0.39 is 0 Å². The fourth-order valence-corrected chi connectivity index (χ4v) is 1.14. The largest absolute Gasteiger partial charge is 0.448 e. The van der Waals surface area contributed by atoms with Crippen molar-refractivity contribution in [1.29, 1.82) is 0 Å². The number of carbonyl (C=O) groups is 1. The quantitative estimate of drug-likeness (QED) is 0.495. The number of esters is 1. The molecule has 8 heavy (non-hydrogen) atoms. The van der Waals surface area contributed by atoms with Crippen LogP contribution in [0.1, 0.15) is 0 Å². The molecular formula is C4H6O3S. The summed E-state index contributed by atoms with van der Waals surface area (Å²) < 4.78 is 4.58. The van der Waals surface area contributed by atoms with Crippen LogP contribution in [0.4, 0.5) is 0 Å². The van der Waals surface area contributed by atoms with Gasteiger partial charge < -0.3 is 9.84 Å². The molecule has 0 aromatic carbocycles. The van der Waals surface area contributed by atoms with Gasteiger partial charge in [0.15, 0.2) is 5.44 Å². The summed E-state index contributed by atoms with van der Waals surface area (Å²) in [4.78, 5) is 10.3. The van der Waals surface area contributed by atoms with Gasteiger partial charge in [0.05, 0.1) is 12.4 Å². The van der Waals surface area contributed by atoms with Crippen molar-refractivity contribution in [2.24, 2.45) is 0 Å². The Kier molecular flexibility index (Phi) is 1.75. The molecule has 1 unspecified atom stereocenters. The molecule has 0 spiro atoms. The van der Waals surface area contributed by atoms with E-state index in [2.05, 4.69) is 4.74 Å². The van der Waals surface area contributed by atoms with E-state index in [4.69, 9.17) is 5.11 Å². The number of carbonyl (C=O) groups excluding carboxylic acids is 1. The predicted octanol–water partition coefficient (Wildman–Crippen LogP) is -0.405. The summed E-state index contributed by atoms with van der Waals surface area (Å²) in [6.07, 6.45) is 0. The molecule has 0 saturated carbocycles. The van der Waals surface area contributed by atoms with Gasteiger partial charge in [-0.2, -0.15) is 0 Å². The standard InChI is InChI=1S/C4H6O3S/c5-1-4-7-3(6)2-8-4/h4-5H,1-2H2. The minimum absolute atomic E-state index is 0.0730. The maximum atomic E-state index is 10.3. The lowest BCUT2D eigenvalue weighted by Crippen LogP contribution is -2.08. The lowest BCUT2D eigenvalue weighted by Gasteiger charge is -1.99. The molecule has 1 aliphatic heterocycles. The number of hydrogen-bond donors (Lipinski definition) is 1. The van der Waals surface area contributed by atoms with Crippen molar-refractivity contribution >= 4 is 17.7 Å². The third kappa shape index (κ3) is 1.14. The Hall–Kier alpha value is -0.220. The SMILES string of the molecule is O=C1CSC(CO)O1. The predicted molar refractivity (Wildman–Crippen MR) is 29.4 cm³/mol. The van der Waals surface area contributed by atoms with Gasteiger partial charge in [0.2, 0.25) is 0 Å². The third-order valence-electron chi connectivity index (χ3n) is 0.799. The molecule has 1 heterocycles. The van der Waals surface area contributed by atoms with E-state index in [0.717, 1.165) is 0 Å². The lowest BCUT2D eigenvalue weighted by molar-refractivity contribution is -0.141. The summed E-state index contributed by atoms with van der Waals surface area (Å²) in [5, 5.41) is 8.39. The molecule has 0 radical (unpaired) electrons. The second-order valence-electron chi connectivity index (χ2n) is 1.41. The van der Waals surface area contributed by atoms with Gasteiger partial charge in [-0.15, -0.1) is 11.8 Å². The van der Waals surface area contributed by atoms with E-state index >= 15 is 0 Å². The molecule has 1 rings (SSSR count). The highest BCUT2D eigenvalue weighted by molar-refractivity contribution is 8.00. The van der Waals surface area contributed by atoms with Gasteiger partial charge in [-0.05, 0) is 0 Å². The van der Waals surface area contributed by atoms with Crippen molar-refractivity contribution in [3.8, 4) is 0 Å². The smallest absolute Gasteiger partial charge is 0.317 e. The van der Waals surface area contributed by atoms with Gasteiger partial charge in [-0.1, -0.05) is 0 Å². The molecule has 1 N–H and O–H groups in total. The normalized spacial score (nSPS) is 28.1. The molecule has 1 fully saturated rings. The summed E-state index contributed by atoms with van der Waals surface area (Å²) >= 11 is 1.33. The molecule has 0 bridgehead atoms. The van der Waals surface area contributed by atoms with Gasteiger partial charge in [0, 0.05) is 0 Å². The number of ether oxygens (including phenoxy) is 1. The van der Waals surface area contributed by atoms with Crippen LogP contribution in [0, 0.1) is 0 Å². The second kappa shape index (κ2) is 2.37. The van der Waals surface area contributed by atoms with E-state index in [1.54, 1.807) is 0 Å². The third-order valence-corrected chi connectivity index (χ3v) is 1.82. The number of hydrogen-bond acceptors (Lipinski definition) is 4. The Morgan fingerprint density at radius 3 is 3.00 bits per heavy atom. The molecule has 1 aliphatic rings. The van der Waals surface area contributed by atoms with Gasteiger partial charge in [-0.25, -0.2) is 0 Å². The van der Waals surface area contributed by atoms with Crippen LogP contribution >= 0.6 is 11.8 Å². The van der Waals surface area contributed by atoms with Crippen LogP contribution in [0.5, 0.6) is 0 Å². The Morgan fingerprint density at radius 2 is 2.75 bits per heavy atom. The zero-order chi connectivity index (χ0) is 5.98. The summed E-state index contributed by atoms with van der Waals surface area (Å²) in [6.45, 7) is -0.0730. The summed E-state index contributed by atoms with van der Waals surface area (Å²) in [5.41, 5.74) is -0.303. The summed E-state index contributed by atoms with van der Waals surface area (Å²) in [7, 11) is 0. The molecule has 3 nitrogen and oxygen atoms in total. The van der Waals surface area contributed by atoms with Crippen molar-refractivity contribution < 1.29 is 14.6 Å². The minimum Gasteiger partial charge on any atom is -0.448 e. The van der Waals surface area contributed by atoms with E-state index in [9.17, 15) is 4.79 Å². The van der Waals surface area contributed by atoms with Crippen molar-refractivity contribution in [2.45, 2.75) is 5.44 Å². The van der Waals surface area contributed by atoms with Crippen LogP contribution in [0.2, 0.25) is 0 Å². The van der Waals surface area contributed by atoms with Gasteiger partial charge in [0.25, 0.3) is 0 Å². The van der Waals surface area contributed by atoms with Crippen molar-refractivity contribution in [3.63, 3.8) is 0 Å². The Morgan fingerprint density at radius 1 is 2.00 bits per heavy atom. The van der Waals surface area contributed by atoms with Crippen LogP contribution in [-0.4, -0.2) is 28.9 Å². The number of rotatable bonds is 1. The van der Waals surface area contributed by atoms with Crippen LogP contribution in [0.3, 0.4) is 0 Å². The first-order valence-corrected chi connectivity index (χ1v) is 3.30. The molecule has 46 valence electrons. The first-order chi connectivity index (χ1) is 3.83. The number of cyclic esters (lactones) is 1. The van der Waals surface area contributed by atoms with Gasteiger partial charge in [0.1, 0.15) is 0 Å². The Labute approximate surface area is 51.0 Å². The van der Waals surface area contributed by atoms with E-state index in [-0.39, 0.29) is 18.0 Å². The molecule has 1 saturated heterocycles. The first-order valence-electron chi connectivity index (χ1n) is 2.25. The minimum atomic E-state index is -0.303. The maximum absolute atomic E-state index is 10.3. The Balaban J connectivity index is 2.32. The average Bonchev–Trinajstić information content (AvgIpc) is 2.14. The molecular weight excluding hydrogens is 128 g/mol. The first kappa shape index (κ1) is 5.91. The van der Waals surface area contributed by atoms with Crippen molar-refractivity contribution in [1.82, 2.24) is 0 Å². The number of aliphatic hydroxyl groups is 1.